The van der Waals surface area contributed by atoms with E-state index in [1.54, 1.807) is 18.2 Å². The van der Waals surface area contributed by atoms with Gasteiger partial charge in [-0.1, -0.05) is 79.5 Å². The predicted octanol–water partition coefficient (Wildman–Crippen LogP) is 8.15. The van der Waals surface area contributed by atoms with E-state index in [1.807, 2.05) is 94.5 Å². The molecule has 0 unspecified atom stereocenters. The zero-order chi connectivity index (χ0) is 25.0. The van der Waals surface area contributed by atoms with E-state index in [2.05, 4.69) is 4.72 Å². The lowest BCUT2D eigenvalue weighted by atomic mass is 10.0. The number of hydrogen-bond donors (Lipinski definition) is 2. The highest BCUT2D eigenvalue weighted by Crippen LogP contribution is 2.32. The number of ether oxygens (including phenoxy) is 1. The van der Waals surface area contributed by atoms with Gasteiger partial charge in [0.2, 0.25) is 5.91 Å². The van der Waals surface area contributed by atoms with Crippen LogP contribution in [-0.4, -0.2) is 17.3 Å². The van der Waals surface area contributed by atoms with E-state index >= 15 is 0 Å². The smallest absolute Gasteiger partial charge is 0.234 e. The van der Waals surface area contributed by atoms with Crippen LogP contribution in [0.3, 0.4) is 0 Å². The molecule has 0 aliphatic rings. The Bertz CT molecular complexity index is 708. The number of hydrogen-bond acceptors (Lipinski definition) is 4. The first kappa shape index (κ1) is 33.5. The van der Waals surface area contributed by atoms with E-state index in [4.69, 9.17) is 4.74 Å². The second-order valence-corrected chi connectivity index (χ2v) is 6.13. The fourth-order valence-electron chi connectivity index (χ4n) is 2.45. The Labute approximate surface area is 195 Å². The van der Waals surface area contributed by atoms with Crippen molar-refractivity contribution in [3.05, 3.63) is 52.6 Å². The molecule has 2 rings (SSSR count). The molecule has 1 amide bonds. The van der Waals surface area contributed by atoms with Crippen molar-refractivity contribution >= 4 is 17.9 Å². The van der Waals surface area contributed by atoms with Crippen LogP contribution < -0.4 is 9.46 Å². The van der Waals surface area contributed by atoms with Crippen LogP contribution in [0.5, 0.6) is 17.2 Å². The van der Waals surface area contributed by atoms with Gasteiger partial charge < -0.3 is 14.6 Å². The summed E-state index contributed by atoms with van der Waals surface area (Å²) < 4.78 is 8.69. The third-order valence-electron chi connectivity index (χ3n) is 3.49. The number of aromatic hydroxyl groups is 1. The largest absolute Gasteiger partial charge is 0.508 e. The Morgan fingerprint density at radius 2 is 1.35 bits per heavy atom. The number of nitrogens with one attached hydrogen (secondary N) is 1. The zero-order valence-electron chi connectivity index (χ0n) is 21.8. The first-order chi connectivity index (χ1) is 14.9. The molecule has 2 aromatic carbocycles. The fraction of sp³-hybridized carbons (Fsp3) is 0.500. The van der Waals surface area contributed by atoms with Gasteiger partial charge in [0.1, 0.15) is 17.2 Å². The van der Waals surface area contributed by atoms with Crippen LogP contribution in [0.25, 0.3) is 0 Å². The maximum Gasteiger partial charge on any atom is 0.234 e. The van der Waals surface area contributed by atoms with E-state index in [-0.39, 0.29) is 11.7 Å². The number of benzene rings is 2. The van der Waals surface area contributed by atoms with Gasteiger partial charge in [0.15, 0.2) is 0 Å². The van der Waals surface area contributed by atoms with Gasteiger partial charge in [-0.15, -0.1) is 0 Å². The normalized spacial score (nSPS) is 8.52. The van der Waals surface area contributed by atoms with Crippen LogP contribution in [0.4, 0.5) is 0 Å². The second-order valence-electron chi connectivity index (χ2n) is 5.52. The first-order valence-corrected chi connectivity index (χ1v) is 12.5. The third kappa shape index (κ3) is 13.0. The van der Waals surface area contributed by atoms with Crippen LogP contribution in [0.1, 0.15) is 77.6 Å². The summed E-state index contributed by atoms with van der Waals surface area (Å²) >= 11 is 1.30. The lowest BCUT2D eigenvalue weighted by Crippen LogP contribution is -2.17. The molecule has 4 nitrogen and oxygen atoms in total. The summed E-state index contributed by atoms with van der Waals surface area (Å²) in [5.41, 5.74) is 3.68. The molecule has 0 fully saturated rings. The average molecular weight is 452 g/mol. The predicted molar refractivity (Wildman–Crippen MR) is 140 cm³/mol. The van der Waals surface area contributed by atoms with Crippen molar-refractivity contribution in [3.63, 3.8) is 0 Å². The Balaban J connectivity index is -0.000000879. The molecule has 178 valence electrons. The van der Waals surface area contributed by atoms with Crippen LogP contribution in [-0.2, 0) is 11.2 Å². The van der Waals surface area contributed by atoms with Gasteiger partial charge in [0, 0.05) is 6.26 Å². The summed E-state index contributed by atoms with van der Waals surface area (Å²) in [7, 11) is 0. The average Bonchev–Trinajstić information content (AvgIpc) is 2.79. The fourth-order valence-corrected chi connectivity index (χ4v) is 2.75. The molecule has 0 heterocycles. The molecule has 2 aromatic rings. The van der Waals surface area contributed by atoms with Crippen molar-refractivity contribution in [2.45, 2.75) is 82.6 Å². The Morgan fingerprint density at radius 3 is 1.77 bits per heavy atom. The lowest BCUT2D eigenvalue weighted by molar-refractivity contribution is -0.118. The summed E-state index contributed by atoms with van der Waals surface area (Å²) in [5, 5.41) is 9.59. The number of carbonyl (C=O) groups excluding carboxylic acids is 1. The molecular weight excluding hydrogens is 406 g/mol. The van der Waals surface area contributed by atoms with Crippen molar-refractivity contribution in [2.75, 3.05) is 6.26 Å². The van der Waals surface area contributed by atoms with Crippen molar-refractivity contribution in [3.8, 4) is 17.2 Å². The first-order valence-electron chi connectivity index (χ1n) is 11.3. The molecule has 2 N–H and O–H groups in total. The topological polar surface area (TPSA) is 58.6 Å². The summed E-state index contributed by atoms with van der Waals surface area (Å²) in [6.45, 7) is 21.8. The minimum Gasteiger partial charge on any atom is -0.508 e. The maximum atomic E-state index is 11.7. The van der Waals surface area contributed by atoms with Crippen LogP contribution >= 0.6 is 11.9 Å². The maximum absolute atomic E-state index is 11.7. The highest BCUT2D eigenvalue weighted by atomic mass is 32.2. The molecule has 0 aliphatic heterocycles. The molecule has 0 aliphatic carbocycles. The zero-order valence-corrected chi connectivity index (χ0v) is 22.6. The van der Waals surface area contributed by atoms with Gasteiger partial charge in [0.05, 0.1) is 6.42 Å². The standard InChI is InChI=1S/C18H21NO3S.4C2H6/c1-11-9-15(5-6-16(11)20)22-18-12(2)7-14(8-13(18)3)10-17(21)19-23-4;4*1-2/h5-9,20H,10H2,1-4H3,(H,19,21);4*1-2H3. The van der Waals surface area contributed by atoms with E-state index in [9.17, 15) is 9.90 Å². The van der Waals surface area contributed by atoms with Crippen LogP contribution in [0.2, 0.25) is 0 Å². The molecule has 0 spiro atoms. The van der Waals surface area contributed by atoms with Gasteiger partial charge in [-0.3, -0.25) is 4.79 Å². The molecular formula is C26H45NO3S. The number of amides is 1. The van der Waals surface area contributed by atoms with Crippen molar-refractivity contribution in [1.82, 2.24) is 4.72 Å². The van der Waals surface area contributed by atoms with E-state index in [0.717, 1.165) is 28.0 Å². The molecule has 0 saturated heterocycles. The van der Waals surface area contributed by atoms with Crippen molar-refractivity contribution < 1.29 is 14.6 Å². The number of carbonyl (C=O) groups is 1. The summed E-state index contributed by atoms with van der Waals surface area (Å²) in [6.07, 6.45) is 2.17. The van der Waals surface area contributed by atoms with Crippen molar-refractivity contribution in [1.29, 1.82) is 0 Å². The molecule has 31 heavy (non-hydrogen) atoms. The molecule has 0 bridgehead atoms. The Morgan fingerprint density at radius 1 is 0.871 bits per heavy atom. The molecule has 0 saturated carbocycles. The number of rotatable bonds is 5. The van der Waals surface area contributed by atoms with Gasteiger partial charge >= 0.3 is 0 Å². The Hall–Kier alpha value is -2.14. The SMILES string of the molecule is CC.CC.CC.CC.CSNC(=O)Cc1cc(C)c(Oc2ccc(O)c(C)c2)c(C)c1. The highest BCUT2D eigenvalue weighted by molar-refractivity contribution is 7.97. The lowest BCUT2D eigenvalue weighted by Gasteiger charge is -2.14. The minimum absolute atomic E-state index is 0.0147. The monoisotopic (exact) mass is 451 g/mol. The minimum atomic E-state index is -0.0147. The number of phenolic OH excluding ortho intramolecular Hbond substituents is 1. The highest BCUT2D eigenvalue weighted by Gasteiger charge is 2.11. The summed E-state index contributed by atoms with van der Waals surface area (Å²) in [4.78, 5) is 11.7. The quantitative estimate of drug-likeness (QED) is 0.450. The van der Waals surface area contributed by atoms with Gasteiger partial charge in [0.25, 0.3) is 0 Å². The van der Waals surface area contributed by atoms with E-state index in [1.165, 1.54) is 11.9 Å². The van der Waals surface area contributed by atoms with E-state index in [0.29, 0.717) is 12.2 Å². The summed E-state index contributed by atoms with van der Waals surface area (Å²) in [5.74, 6) is 1.70. The molecule has 0 aromatic heterocycles. The van der Waals surface area contributed by atoms with Gasteiger partial charge in [-0.2, -0.15) is 0 Å². The molecule has 5 heteroatoms. The van der Waals surface area contributed by atoms with E-state index < -0.39 is 0 Å². The molecule has 0 atom stereocenters. The second kappa shape index (κ2) is 21.1. The van der Waals surface area contributed by atoms with Gasteiger partial charge in [-0.25, -0.2) is 0 Å². The number of aryl methyl sites for hydroxylation is 3. The van der Waals surface area contributed by atoms with Crippen molar-refractivity contribution in [2.24, 2.45) is 0 Å². The van der Waals surface area contributed by atoms with Crippen LogP contribution in [0, 0.1) is 20.8 Å². The molecule has 0 radical (unpaired) electrons. The van der Waals surface area contributed by atoms with Gasteiger partial charge in [-0.05, 0) is 61.2 Å². The Kier molecular flexibility index (Phi) is 22.8. The van der Waals surface area contributed by atoms with Crippen LogP contribution in [0.15, 0.2) is 30.3 Å². The third-order valence-corrected chi connectivity index (χ3v) is 3.92. The number of phenols is 1. The summed E-state index contributed by atoms with van der Waals surface area (Å²) in [6, 6.07) is 9.09.